The van der Waals surface area contributed by atoms with Crippen molar-refractivity contribution in [3.8, 4) is 0 Å². The van der Waals surface area contributed by atoms with Gasteiger partial charge in [0.15, 0.2) is 5.82 Å². The molecule has 1 aromatic heterocycles. The van der Waals surface area contributed by atoms with E-state index in [1.54, 1.807) is 0 Å². The third-order valence-corrected chi connectivity index (χ3v) is 4.13. The third-order valence-electron chi connectivity index (χ3n) is 3.16. The zero-order valence-electron chi connectivity index (χ0n) is 12.0. The zero-order valence-corrected chi connectivity index (χ0v) is 12.8. The van der Waals surface area contributed by atoms with Crippen LogP contribution < -0.4 is 5.32 Å². The van der Waals surface area contributed by atoms with Crippen molar-refractivity contribution in [3.05, 3.63) is 17.1 Å². The molecule has 19 heavy (non-hydrogen) atoms. The summed E-state index contributed by atoms with van der Waals surface area (Å²) < 4.78 is 5.74. The molecule has 1 aliphatic rings. The highest BCUT2D eigenvalue weighted by Crippen LogP contribution is 2.34. The monoisotopic (exact) mass is 281 g/mol. The largest absolute Gasteiger partial charge is 0.371 e. The number of fused-ring (bicyclic) bond motifs is 1. The molecule has 1 aromatic rings. The molecule has 1 aliphatic heterocycles. The van der Waals surface area contributed by atoms with E-state index < -0.39 is 0 Å². The van der Waals surface area contributed by atoms with Gasteiger partial charge in [0.2, 0.25) is 0 Å². The molecule has 5 heteroatoms. The minimum Gasteiger partial charge on any atom is -0.371 e. The maximum absolute atomic E-state index is 5.74. The van der Waals surface area contributed by atoms with E-state index in [0.29, 0.717) is 6.61 Å². The highest BCUT2D eigenvalue weighted by molar-refractivity contribution is 7.98. The van der Waals surface area contributed by atoms with Crippen molar-refractivity contribution in [3.63, 3.8) is 0 Å². The summed E-state index contributed by atoms with van der Waals surface area (Å²) in [5.41, 5.74) is 2.47. The number of hydrogen-bond acceptors (Lipinski definition) is 5. The van der Waals surface area contributed by atoms with E-state index in [1.165, 1.54) is 11.3 Å². The van der Waals surface area contributed by atoms with Crippen molar-refractivity contribution in [2.75, 3.05) is 18.5 Å². The Bertz CT molecular complexity index is 425. The summed E-state index contributed by atoms with van der Waals surface area (Å²) in [7, 11) is 0. The van der Waals surface area contributed by atoms with Gasteiger partial charge in [0.1, 0.15) is 11.9 Å². The number of hydrogen-bond donors (Lipinski definition) is 1. The Kier molecular flexibility index (Phi) is 5.45. The SMILES string of the molecule is CCCNc1nc(C(CC)OCC)nc2c1CSC2. The van der Waals surface area contributed by atoms with Crippen LogP contribution in [0.3, 0.4) is 0 Å². The van der Waals surface area contributed by atoms with Gasteiger partial charge in [-0.25, -0.2) is 9.97 Å². The van der Waals surface area contributed by atoms with Crippen LogP contribution in [-0.2, 0) is 16.2 Å². The van der Waals surface area contributed by atoms with Crippen molar-refractivity contribution in [2.24, 2.45) is 0 Å². The molecule has 1 atom stereocenters. The normalized spacial score (nSPS) is 15.3. The molecule has 106 valence electrons. The highest BCUT2D eigenvalue weighted by atomic mass is 32.2. The summed E-state index contributed by atoms with van der Waals surface area (Å²) in [5.74, 6) is 3.87. The van der Waals surface area contributed by atoms with Crippen LogP contribution in [0.25, 0.3) is 0 Å². The molecule has 0 amide bonds. The molecule has 1 unspecified atom stereocenters. The summed E-state index contributed by atoms with van der Waals surface area (Å²) in [6, 6.07) is 0. The number of aromatic nitrogens is 2. The fraction of sp³-hybridized carbons (Fsp3) is 0.714. The number of anilines is 1. The molecule has 0 aliphatic carbocycles. The molecular weight excluding hydrogens is 258 g/mol. The van der Waals surface area contributed by atoms with Gasteiger partial charge in [0.05, 0.1) is 5.69 Å². The lowest BCUT2D eigenvalue weighted by Gasteiger charge is -2.17. The van der Waals surface area contributed by atoms with E-state index in [0.717, 1.165) is 42.5 Å². The molecule has 0 spiro atoms. The van der Waals surface area contributed by atoms with Crippen molar-refractivity contribution in [1.29, 1.82) is 0 Å². The minimum atomic E-state index is 0.0167. The van der Waals surface area contributed by atoms with Gasteiger partial charge in [-0.15, -0.1) is 0 Å². The van der Waals surface area contributed by atoms with Crippen molar-refractivity contribution < 1.29 is 4.74 Å². The molecule has 2 heterocycles. The quantitative estimate of drug-likeness (QED) is 0.828. The number of ether oxygens (including phenoxy) is 1. The van der Waals surface area contributed by atoms with Gasteiger partial charge in [-0.1, -0.05) is 13.8 Å². The molecule has 4 nitrogen and oxygen atoms in total. The lowest BCUT2D eigenvalue weighted by atomic mass is 10.2. The Hall–Kier alpha value is -0.810. The average molecular weight is 281 g/mol. The van der Waals surface area contributed by atoms with E-state index in [-0.39, 0.29) is 6.10 Å². The van der Waals surface area contributed by atoms with E-state index in [1.807, 2.05) is 18.7 Å². The van der Waals surface area contributed by atoms with E-state index in [9.17, 15) is 0 Å². The fourth-order valence-corrected chi connectivity index (χ4v) is 3.22. The van der Waals surface area contributed by atoms with Crippen LogP contribution in [0.4, 0.5) is 5.82 Å². The molecule has 0 saturated carbocycles. The van der Waals surface area contributed by atoms with Crippen molar-refractivity contribution in [1.82, 2.24) is 9.97 Å². The van der Waals surface area contributed by atoms with Crippen LogP contribution >= 0.6 is 11.8 Å². The molecule has 0 aromatic carbocycles. The molecule has 0 bridgehead atoms. The molecule has 1 N–H and O–H groups in total. The minimum absolute atomic E-state index is 0.0167. The van der Waals surface area contributed by atoms with Crippen LogP contribution in [0.2, 0.25) is 0 Å². The predicted octanol–water partition coefficient (Wildman–Crippen LogP) is 3.53. The van der Waals surface area contributed by atoms with E-state index in [2.05, 4.69) is 19.2 Å². The maximum atomic E-state index is 5.74. The fourth-order valence-electron chi connectivity index (χ4n) is 2.18. The van der Waals surface area contributed by atoms with Gasteiger partial charge in [0.25, 0.3) is 0 Å². The topological polar surface area (TPSA) is 47.0 Å². The lowest BCUT2D eigenvalue weighted by molar-refractivity contribution is 0.0534. The zero-order chi connectivity index (χ0) is 13.7. The lowest BCUT2D eigenvalue weighted by Crippen LogP contribution is -2.13. The molecule has 2 rings (SSSR count). The summed E-state index contributed by atoms with van der Waals surface area (Å²) in [6.07, 6.45) is 2.03. The number of thioether (sulfide) groups is 1. The van der Waals surface area contributed by atoms with Crippen LogP contribution in [0.5, 0.6) is 0 Å². The first-order chi connectivity index (χ1) is 9.30. The Morgan fingerprint density at radius 2 is 2.11 bits per heavy atom. The van der Waals surface area contributed by atoms with Gasteiger partial charge < -0.3 is 10.1 Å². The third kappa shape index (κ3) is 3.39. The van der Waals surface area contributed by atoms with E-state index >= 15 is 0 Å². The van der Waals surface area contributed by atoms with Crippen LogP contribution in [0.15, 0.2) is 0 Å². The Labute approximate surface area is 119 Å². The summed E-state index contributed by atoms with van der Waals surface area (Å²) in [5, 5.41) is 3.44. The van der Waals surface area contributed by atoms with Gasteiger partial charge in [0, 0.05) is 30.2 Å². The van der Waals surface area contributed by atoms with Crippen LogP contribution in [0, 0.1) is 0 Å². The summed E-state index contributed by atoms with van der Waals surface area (Å²) >= 11 is 1.91. The second-order valence-corrected chi connectivity index (χ2v) is 5.61. The van der Waals surface area contributed by atoms with Gasteiger partial charge in [-0.05, 0) is 19.8 Å². The van der Waals surface area contributed by atoms with E-state index in [4.69, 9.17) is 14.7 Å². The first kappa shape index (κ1) is 14.6. The Balaban J connectivity index is 2.29. The molecular formula is C14H23N3OS. The van der Waals surface area contributed by atoms with Gasteiger partial charge in [-0.3, -0.25) is 0 Å². The predicted molar refractivity (Wildman–Crippen MR) is 80.5 cm³/mol. The first-order valence-electron chi connectivity index (χ1n) is 7.13. The summed E-state index contributed by atoms with van der Waals surface area (Å²) in [6.45, 7) is 7.95. The smallest absolute Gasteiger partial charge is 0.159 e. The Morgan fingerprint density at radius 3 is 2.79 bits per heavy atom. The van der Waals surface area contributed by atoms with Crippen molar-refractivity contribution >= 4 is 17.6 Å². The number of nitrogens with one attached hydrogen (secondary N) is 1. The van der Waals surface area contributed by atoms with Crippen LogP contribution in [0.1, 0.15) is 56.8 Å². The number of rotatable bonds is 7. The van der Waals surface area contributed by atoms with Gasteiger partial charge >= 0.3 is 0 Å². The molecule has 0 fully saturated rings. The Morgan fingerprint density at radius 1 is 1.26 bits per heavy atom. The summed E-state index contributed by atoms with van der Waals surface area (Å²) in [4.78, 5) is 9.43. The van der Waals surface area contributed by atoms with Gasteiger partial charge in [-0.2, -0.15) is 11.8 Å². The number of nitrogens with zero attached hydrogens (tertiary/aromatic N) is 2. The standard InChI is InChI=1S/C14H23N3OS/c1-4-7-15-13-10-8-19-9-11(10)16-14(17-13)12(5-2)18-6-3/h12H,4-9H2,1-3H3,(H,15,16,17). The molecule has 0 saturated heterocycles. The first-order valence-corrected chi connectivity index (χ1v) is 8.28. The average Bonchev–Trinajstić information content (AvgIpc) is 2.90. The molecule has 0 radical (unpaired) electrons. The second-order valence-electron chi connectivity index (χ2n) is 4.63. The van der Waals surface area contributed by atoms with Crippen LogP contribution in [-0.4, -0.2) is 23.1 Å². The maximum Gasteiger partial charge on any atom is 0.159 e. The second kappa shape index (κ2) is 7.10. The van der Waals surface area contributed by atoms with Crippen molar-refractivity contribution in [2.45, 2.75) is 51.2 Å². The highest BCUT2D eigenvalue weighted by Gasteiger charge is 2.22.